The molecule has 0 bridgehead atoms. The van der Waals surface area contributed by atoms with Crippen molar-refractivity contribution in [2.24, 2.45) is 0 Å². The average Bonchev–Trinajstić information content (AvgIpc) is 3.13. The van der Waals surface area contributed by atoms with Gasteiger partial charge < -0.3 is 24.3 Å². The smallest absolute Gasteiger partial charge is 0.231 e. The number of fused-ring (bicyclic) bond motifs is 1. The lowest BCUT2D eigenvalue weighted by Gasteiger charge is -2.08. The summed E-state index contributed by atoms with van der Waals surface area (Å²) in [6.07, 6.45) is 1.07. The zero-order valence-corrected chi connectivity index (χ0v) is 14.8. The molecule has 0 radical (unpaired) electrons. The van der Waals surface area contributed by atoms with Crippen LogP contribution < -0.4 is 24.3 Å². The maximum Gasteiger partial charge on any atom is 0.231 e. The summed E-state index contributed by atoms with van der Waals surface area (Å²) in [7, 11) is 0. The van der Waals surface area contributed by atoms with Gasteiger partial charge in [-0.1, -0.05) is 6.07 Å². The topological polar surface area (TPSA) is 66.0 Å². The molecule has 1 amide bonds. The van der Waals surface area contributed by atoms with E-state index in [4.69, 9.17) is 18.9 Å². The summed E-state index contributed by atoms with van der Waals surface area (Å²) < 4.78 is 21.6. The van der Waals surface area contributed by atoms with E-state index in [1.807, 2.05) is 49.4 Å². The Morgan fingerprint density at radius 3 is 2.54 bits per heavy atom. The first-order valence-corrected chi connectivity index (χ1v) is 8.75. The number of nitrogens with one attached hydrogen (secondary N) is 1. The number of benzene rings is 2. The number of hydrogen-bond acceptors (Lipinski definition) is 5. The number of hydrogen-bond donors (Lipinski definition) is 1. The minimum absolute atomic E-state index is 0.00189. The zero-order chi connectivity index (χ0) is 18.2. The molecule has 0 aromatic heterocycles. The summed E-state index contributed by atoms with van der Waals surface area (Å²) >= 11 is 0. The highest BCUT2D eigenvalue weighted by atomic mass is 16.7. The van der Waals surface area contributed by atoms with Gasteiger partial charge in [0.05, 0.1) is 13.2 Å². The Hall–Kier alpha value is -2.89. The zero-order valence-electron chi connectivity index (χ0n) is 14.8. The fourth-order valence-corrected chi connectivity index (χ4v) is 2.56. The van der Waals surface area contributed by atoms with Gasteiger partial charge in [0.2, 0.25) is 12.7 Å². The third kappa shape index (κ3) is 5.05. The minimum atomic E-state index is -0.00189. The highest BCUT2D eigenvalue weighted by Crippen LogP contribution is 2.32. The normalized spacial score (nSPS) is 11.9. The van der Waals surface area contributed by atoms with E-state index in [0.29, 0.717) is 32.6 Å². The van der Waals surface area contributed by atoms with E-state index in [9.17, 15) is 4.79 Å². The molecule has 6 heteroatoms. The second-order valence-corrected chi connectivity index (χ2v) is 5.82. The number of carbonyl (C=O) groups is 1. The molecular formula is C20H23NO5. The second-order valence-electron chi connectivity index (χ2n) is 5.82. The maximum atomic E-state index is 11.9. The molecule has 138 valence electrons. The van der Waals surface area contributed by atoms with Crippen LogP contribution in [0.2, 0.25) is 0 Å². The van der Waals surface area contributed by atoms with E-state index in [1.54, 1.807) is 0 Å². The van der Waals surface area contributed by atoms with E-state index in [2.05, 4.69) is 5.32 Å². The van der Waals surface area contributed by atoms with Crippen molar-refractivity contribution in [3.63, 3.8) is 0 Å². The molecule has 3 rings (SSSR count). The molecule has 1 N–H and O–H groups in total. The van der Waals surface area contributed by atoms with Crippen LogP contribution in [0, 0.1) is 0 Å². The number of amides is 1. The summed E-state index contributed by atoms with van der Waals surface area (Å²) in [6.45, 7) is 3.80. The third-order valence-corrected chi connectivity index (χ3v) is 3.88. The van der Waals surface area contributed by atoms with Crippen molar-refractivity contribution < 1.29 is 23.7 Å². The summed E-state index contributed by atoms with van der Waals surface area (Å²) in [5.74, 6) is 3.06. The molecule has 0 saturated carbocycles. The van der Waals surface area contributed by atoms with E-state index in [0.717, 1.165) is 28.6 Å². The number of rotatable bonds is 9. The van der Waals surface area contributed by atoms with Gasteiger partial charge in [-0.3, -0.25) is 4.79 Å². The van der Waals surface area contributed by atoms with Crippen LogP contribution in [0.3, 0.4) is 0 Å². The van der Waals surface area contributed by atoms with Crippen LogP contribution in [0.25, 0.3) is 0 Å². The van der Waals surface area contributed by atoms with Gasteiger partial charge in [-0.15, -0.1) is 0 Å². The molecule has 6 nitrogen and oxygen atoms in total. The maximum absolute atomic E-state index is 11.9. The van der Waals surface area contributed by atoms with Crippen LogP contribution in [-0.4, -0.2) is 25.9 Å². The molecule has 0 saturated heterocycles. The fraction of sp³-hybridized carbons (Fsp3) is 0.350. The molecule has 0 spiro atoms. The molecule has 2 aromatic carbocycles. The standard InChI is InChI=1S/C20H23NO5/c1-2-23-16-6-8-17(9-7-16)24-11-3-4-20(22)21-13-15-5-10-18-19(12-15)26-14-25-18/h5-10,12H,2-4,11,13-14H2,1H3,(H,21,22). The van der Waals surface area contributed by atoms with Gasteiger partial charge in [0.1, 0.15) is 11.5 Å². The summed E-state index contributed by atoms with van der Waals surface area (Å²) in [6, 6.07) is 13.1. The first kappa shape index (κ1) is 17.9. The van der Waals surface area contributed by atoms with Crippen molar-refractivity contribution in [2.75, 3.05) is 20.0 Å². The Morgan fingerprint density at radius 2 is 1.77 bits per heavy atom. The minimum Gasteiger partial charge on any atom is -0.494 e. The van der Waals surface area contributed by atoms with Crippen molar-refractivity contribution in [1.29, 1.82) is 0 Å². The van der Waals surface area contributed by atoms with Gasteiger partial charge in [-0.25, -0.2) is 0 Å². The van der Waals surface area contributed by atoms with E-state index < -0.39 is 0 Å². The molecule has 0 aliphatic carbocycles. The van der Waals surface area contributed by atoms with Gasteiger partial charge in [-0.2, -0.15) is 0 Å². The lowest BCUT2D eigenvalue weighted by atomic mass is 10.2. The monoisotopic (exact) mass is 357 g/mol. The molecule has 26 heavy (non-hydrogen) atoms. The molecule has 2 aromatic rings. The number of carbonyl (C=O) groups excluding carboxylic acids is 1. The Bertz CT molecular complexity index is 729. The summed E-state index contributed by atoms with van der Waals surface area (Å²) in [5, 5.41) is 2.90. The van der Waals surface area contributed by atoms with E-state index in [-0.39, 0.29) is 12.7 Å². The molecule has 0 unspecified atom stereocenters. The first-order chi connectivity index (χ1) is 12.7. The van der Waals surface area contributed by atoms with Gasteiger partial charge >= 0.3 is 0 Å². The summed E-state index contributed by atoms with van der Waals surface area (Å²) in [5.41, 5.74) is 0.980. The van der Waals surface area contributed by atoms with Crippen molar-refractivity contribution in [1.82, 2.24) is 5.32 Å². The van der Waals surface area contributed by atoms with Crippen LogP contribution in [0.1, 0.15) is 25.3 Å². The van der Waals surface area contributed by atoms with Crippen LogP contribution in [-0.2, 0) is 11.3 Å². The molecule has 1 aliphatic rings. The van der Waals surface area contributed by atoms with Crippen LogP contribution in [0.5, 0.6) is 23.0 Å². The molecule has 0 fully saturated rings. The van der Waals surface area contributed by atoms with E-state index >= 15 is 0 Å². The fourth-order valence-electron chi connectivity index (χ4n) is 2.56. The Morgan fingerprint density at radius 1 is 1.04 bits per heavy atom. The van der Waals surface area contributed by atoms with Crippen molar-refractivity contribution in [3.05, 3.63) is 48.0 Å². The number of ether oxygens (including phenoxy) is 4. The first-order valence-electron chi connectivity index (χ1n) is 8.75. The van der Waals surface area contributed by atoms with Crippen LogP contribution in [0.4, 0.5) is 0 Å². The molecule has 0 atom stereocenters. The van der Waals surface area contributed by atoms with Crippen LogP contribution in [0.15, 0.2) is 42.5 Å². The molecule has 1 aliphatic heterocycles. The average molecular weight is 357 g/mol. The lowest BCUT2D eigenvalue weighted by Crippen LogP contribution is -2.22. The predicted octanol–water partition coefficient (Wildman–Crippen LogP) is 3.29. The van der Waals surface area contributed by atoms with Gasteiger partial charge in [0.15, 0.2) is 11.5 Å². The Labute approximate surface area is 153 Å². The largest absolute Gasteiger partial charge is 0.494 e. The molecular weight excluding hydrogens is 334 g/mol. The predicted molar refractivity (Wildman–Crippen MR) is 96.8 cm³/mol. The summed E-state index contributed by atoms with van der Waals surface area (Å²) in [4.78, 5) is 11.9. The Kier molecular flexibility index (Phi) is 6.19. The van der Waals surface area contributed by atoms with Crippen LogP contribution >= 0.6 is 0 Å². The Balaban J connectivity index is 1.33. The quantitative estimate of drug-likeness (QED) is 0.698. The SMILES string of the molecule is CCOc1ccc(OCCCC(=O)NCc2ccc3c(c2)OCO3)cc1. The van der Waals surface area contributed by atoms with Crippen molar-refractivity contribution in [2.45, 2.75) is 26.3 Å². The lowest BCUT2D eigenvalue weighted by molar-refractivity contribution is -0.121. The molecule has 1 heterocycles. The highest BCUT2D eigenvalue weighted by Gasteiger charge is 2.13. The van der Waals surface area contributed by atoms with Gasteiger partial charge in [0, 0.05) is 13.0 Å². The third-order valence-electron chi connectivity index (χ3n) is 3.88. The highest BCUT2D eigenvalue weighted by molar-refractivity contribution is 5.75. The van der Waals surface area contributed by atoms with Gasteiger partial charge in [0.25, 0.3) is 0 Å². The van der Waals surface area contributed by atoms with E-state index in [1.165, 1.54) is 0 Å². The van der Waals surface area contributed by atoms with Gasteiger partial charge in [-0.05, 0) is 55.3 Å². The second kappa shape index (κ2) is 8.99. The van der Waals surface area contributed by atoms with Crippen molar-refractivity contribution in [3.8, 4) is 23.0 Å². The van der Waals surface area contributed by atoms with Crippen molar-refractivity contribution >= 4 is 5.91 Å².